The second-order valence-electron chi connectivity index (χ2n) is 4.53. The lowest BCUT2D eigenvalue weighted by atomic mass is 10.1. The van der Waals surface area contributed by atoms with Crippen LogP contribution in [0.2, 0.25) is 0 Å². The van der Waals surface area contributed by atoms with Crippen molar-refractivity contribution in [2.45, 2.75) is 32.5 Å². The van der Waals surface area contributed by atoms with Gasteiger partial charge in [-0.15, -0.1) is 0 Å². The summed E-state index contributed by atoms with van der Waals surface area (Å²) in [6.45, 7) is 5.30. The lowest BCUT2D eigenvalue weighted by Gasteiger charge is -2.22. The molecule has 1 atom stereocenters. The third-order valence-corrected chi connectivity index (χ3v) is 2.11. The van der Waals surface area contributed by atoms with Crippen molar-refractivity contribution >= 4 is 5.82 Å². The quantitative estimate of drug-likeness (QED) is 0.692. The molecule has 0 bridgehead atoms. The number of nitrogens with zero attached hydrogens (tertiary/aromatic N) is 1. The van der Waals surface area contributed by atoms with Crippen LogP contribution in [0.3, 0.4) is 0 Å². The summed E-state index contributed by atoms with van der Waals surface area (Å²) in [5.41, 5.74) is -1.17. The van der Waals surface area contributed by atoms with Crippen molar-refractivity contribution in [3.05, 3.63) is 18.3 Å². The van der Waals surface area contributed by atoms with Crippen molar-refractivity contribution in [3.63, 3.8) is 0 Å². The van der Waals surface area contributed by atoms with E-state index in [0.717, 1.165) is 0 Å². The van der Waals surface area contributed by atoms with Crippen LogP contribution in [0.5, 0.6) is 5.75 Å². The van der Waals surface area contributed by atoms with Crippen LogP contribution in [0.1, 0.15) is 20.8 Å². The molecule has 0 aliphatic carbocycles. The first kappa shape index (κ1) is 13.7. The Balaban J connectivity index is 2.70. The number of rotatable bonds is 6. The number of hydrogen-bond donors (Lipinski definition) is 3. The Morgan fingerprint density at radius 2 is 2.24 bits per heavy atom. The maximum absolute atomic E-state index is 9.68. The fourth-order valence-corrected chi connectivity index (χ4v) is 1.20. The van der Waals surface area contributed by atoms with Crippen LogP contribution in [-0.2, 0) is 0 Å². The van der Waals surface area contributed by atoms with Crippen molar-refractivity contribution in [1.29, 1.82) is 0 Å². The van der Waals surface area contributed by atoms with E-state index in [-0.39, 0.29) is 19.3 Å². The van der Waals surface area contributed by atoms with Crippen LogP contribution in [0.4, 0.5) is 5.82 Å². The van der Waals surface area contributed by atoms with Crippen molar-refractivity contribution < 1.29 is 14.9 Å². The first-order chi connectivity index (χ1) is 7.94. The Morgan fingerprint density at radius 1 is 1.53 bits per heavy atom. The molecule has 1 aromatic heterocycles. The number of nitrogens with one attached hydrogen (secondary N) is 1. The number of hydrogen-bond acceptors (Lipinski definition) is 5. The summed E-state index contributed by atoms with van der Waals surface area (Å²) in [4.78, 5) is 4.14. The Labute approximate surface area is 101 Å². The monoisotopic (exact) mass is 240 g/mol. The van der Waals surface area contributed by atoms with Crippen LogP contribution in [0, 0.1) is 0 Å². The van der Waals surface area contributed by atoms with Gasteiger partial charge in [0.15, 0.2) is 11.6 Å². The van der Waals surface area contributed by atoms with Crippen molar-refractivity contribution in [2.75, 3.05) is 18.5 Å². The molecular formula is C12H20N2O3. The van der Waals surface area contributed by atoms with Crippen molar-refractivity contribution in [3.8, 4) is 5.75 Å². The minimum atomic E-state index is -1.17. The molecule has 0 amide bonds. The smallest absolute Gasteiger partial charge is 0.168 e. The Hall–Kier alpha value is -1.33. The molecule has 0 spiro atoms. The number of anilines is 1. The predicted octanol–water partition coefficient (Wildman–Crippen LogP) is 1.02. The average Bonchev–Trinajstić information content (AvgIpc) is 2.27. The molecule has 0 aromatic carbocycles. The number of pyridine rings is 1. The van der Waals surface area contributed by atoms with Gasteiger partial charge in [-0.25, -0.2) is 4.98 Å². The minimum Gasteiger partial charge on any atom is -0.487 e. The second kappa shape index (κ2) is 5.84. The fourth-order valence-electron chi connectivity index (χ4n) is 1.20. The molecule has 1 heterocycles. The average molecular weight is 240 g/mol. The summed E-state index contributed by atoms with van der Waals surface area (Å²) in [6.07, 6.45) is 1.70. The molecule has 0 aliphatic heterocycles. The molecular weight excluding hydrogens is 220 g/mol. The lowest BCUT2D eigenvalue weighted by Crippen LogP contribution is -2.37. The maximum Gasteiger partial charge on any atom is 0.168 e. The van der Waals surface area contributed by atoms with E-state index < -0.39 is 5.60 Å². The molecule has 1 rings (SSSR count). The van der Waals surface area contributed by atoms with Gasteiger partial charge in [-0.05, 0) is 32.9 Å². The van der Waals surface area contributed by atoms with E-state index in [2.05, 4.69) is 10.3 Å². The molecule has 5 nitrogen and oxygen atoms in total. The highest BCUT2D eigenvalue weighted by molar-refractivity contribution is 5.49. The van der Waals surface area contributed by atoms with Gasteiger partial charge in [-0.2, -0.15) is 0 Å². The van der Waals surface area contributed by atoms with Crippen LogP contribution in [0.25, 0.3) is 0 Å². The van der Waals surface area contributed by atoms with E-state index in [0.29, 0.717) is 11.6 Å². The Bertz CT molecular complexity index is 353. The highest BCUT2D eigenvalue weighted by Crippen LogP contribution is 2.22. The number of aliphatic hydroxyl groups is 2. The van der Waals surface area contributed by atoms with Gasteiger partial charge in [-0.3, -0.25) is 0 Å². The van der Waals surface area contributed by atoms with Crippen LogP contribution in [0.15, 0.2) is 18.3 Å². The summed E-state index contributed by atoms with van der Waals surface area (Å²) in [5, 5.41) is 21.6. The van der Waals surface area contributed by atoms with Gasteiger partial charge < -0.3 is 20.3 Å². The summed E-state index contributed by atoms with van der Waals surface area (Å²) < 4.78 is 5.58. The van der Waals surface area contributed by atoms with Gasteiger partial charge in [0.05, 0.1) is 12.7 Å². The van der Waals surface area contributed by atoms with Gasteiger partial charge in [0.2, 0.25) is 0 Å². The molecule has 5 heteroatoms. The zero-order valence-electron chi connectivity index (χ0n) is 10.5. The zero-order valence-corrected chi connectivity index (χ0v) is 10.5. The van der Waals surface area contributed by atoms with Gasteiger partial charge in [0.25, 0.3) is 0 Å². The van der Waals surface area contributed by atoms with Crippen LogP contribution >= 0.6 is 0 Å². The fraction of sp³-hybridized carbons (Fsp3) is 0.583. The Kier molecular flexibility index (Phi) is 4.72. The van der Waals surface area contributed by atoms with E-state index in [1.165, 1.54) is 0 Å². The minimum absolute atomic E-state index is 0.0538. The second-order valence-corrected chi connectivity index (χ2v) is 4.53. The topological polar surface area (TPSA) is 74.6 Å². The molecule has 0 fully saturated rings. The molecule has 0 saturated carbocycles. The number of aromatic nitrogens is 1. The molecule has 17 heavy (non-hydrogen) atoms. The molecule has 3 N–H and O–H groups in total. The third kappa shape index (κ3) is 4.58. The summed E-state index contributed by atoms with van der Waals surface area (Å²) in [7, 11) is 0. The van der Waals surface area contributed by atoms with Crippen LogP contribution in [-0.4, -0.2) is 40.1 Å². The molecule has 0 radical (unpaired) electrons. The van der Waals surface area contributed by atoms with Crippen molar-refractivity contribution in [2.24, 2.45) is 0 Å². The number of ether oxygens (including phenoxy) is 1. The SMILES string of the molecule is CC(C)Oc1cccnc1NCC(C)(O)CO. The molecule has 1 aromatic rings. The highest BCUT2D eigenvalue weighted by Gasteiger charge is 2.19. The van der Waals surface area contributed by atoms with E-state index in [9.17, 15) is 5.11 Å². The van der Waals surface area contributed by atoms with E-state index >= 15 is 0 Å². The maximum atomic E-state index is 9.68. The summed E-state index contributed by atoms with van der Waals surface area (Å²) in [6, 6.07) is 3.59. The Morgan fingerprint density at radius 3 is 2.82 bits per heavy atom. The van der Waals surface area contributed by atoms with Gasteiger partial charge in [0.1, 0.15) is 5.60 Å². The summed E-state index contributed by atoms with van der Waals surface area (Å²) >= 11 is 0. The molecule has 0 aliphatic rings. The zero-order chi connectivity index (χ0) is 12.9. The largest absolute Gasteiger partial charge is 0.487 e. The van der Waals surface area contributed by atoms with Gasteiger partial charge in [0, 0.05) is 12.7 Å². The van der Waals surface area contributed by atoms with Crippen LogP contribution < -0.4 is 10.1 Å². The molecule has 96 valence electrons. The van der Waals surface area contributed by atoms with Gasteiger partial charge >= 0.3 is 0 Å². The molecule has 1 unspecified atom stereocenters. The molecule has 0 saturated heterocycles. The van der Waals surface area contributed by atoms with Crippen molar-refractivity contribution in [1.82, 2.24) is 4.98 Å². The predicted molar refractivity (Wildman–Crippen MR) is 66.2 cm³/mol. The summed E-state index contributed by atoms with van der Waals surface area (Å²) in [5.74, 6) is 1.20. The third-order valence-electron chi connectivity index (χ3n) is 2.11. The lowest BCUT2D eigenvalue weighted by molar-refractivity contribution is 0.0131. The highest BCUT2D eigenvalue weighted by atomic mass is 16.5. The van der Waals surface area contributed by atoms with E-state index in [4.69, 9.17) is 9.84 Å². The van der Waals surface area contributed by atoms with E-state index in [1.807, 2.05) is 19.9 Å². The first-order valence-electron chi connectivity index (χ1n) is 5.63. The standard InChI is InChI=1S/C12H20N2O3/c1-9(2)17-10-5-4-6-13-11(10)14-7-12(3,16)8-15/h4-6,9,15-16H,7-8H2,1-3H3,(H,13,14). The first-order valence-corrected chi connectivity index (χ1v) is 5.63. The van der Waals surface area contributed by atoms with E-state index in [1.54, 1.807) is 19.2 Å². The number of aliphatic hydroxyl groups excluding tert-OH is 1. The van der Waals surface area contributed by atoms with Gasteiger partial charge in [-0.1, -0.05) is 0 Å². The normalized spacial score (nSPS) is 14.5.